The second kappa shape index (κ2) is 7.92. The molecule has 0 amide bonds. The smallest absolute Gasteiger partial charge is 0.137 e. The first-order chi connectivity index (χ1) is 10.2. The van der Waals surface area contributed by atoms with Crippen LogP contribution in [0.25, 0.3) is 0 Å². The van der Waals surface area contributed by atoms with Crippen LogP contribution in [0.4, 0.5) is 0 Å². The van der Waals surface area contributed by atoms with Crippen LogP contribution in [-0.2, 0) is 0 Å². The molecule has 0 spiro atoms. The molecule has 0 saturated heterocycles. The number of methoxy groups -OCH3 is 1. The molecular formula is C16H18Br2N2O. The fourth-order valence-electron chi connectivity index (χ4n) is 2.14. The number of nitrogens with one attached hydrogen (secondary N) is 1. The average Bonchev–Trinajstić information content (AvgIpc) is 2.49. The van der Waals surface area contributed by atoms with Crippen LogP contribution in [0.15, 0.2) is 45.6 Å². The maximum atomic E-state index is 5.29. The molecule has 0 saturated carbocycles. The molecule has 2 aromatic rings. The number of benzene rings is 1. The molecule has 0 aliphatic heterocycles. The molecule has 1 aromatic heterocycles. The van der Waals surface area contributed by atoms with E-state index in [0.717, 1.165) is 33.2 Å². The van der Waals surface area contributed by atoms with Gasteiger partial charge < -0.3 is 10.1 Å². The minimum atomic E-state index is 0.0787. The van der Waals surface area contributed by atoms with Crippen LogP contribution >= 0.6 is 31.9 Å². The van der Waals surface area contributed by atoms with Gasteiger partial charge in [-0.3, -0.25) is 4.98 Å². The summed E-state index contributed by atoms with van der Waals surface area (Å²) >= 11 is 7.15. The molecular weight excluding hydrogens is 396 g/mol. The van der Waals surface area contributed by atoms with Gasteiger partial charge in [-0.1, -0.05) is 44.8 Å². The fourth-order valence-corrected chi connectivity index (χ4v) is 3.41. The molecule has 0 aliphatic rings. The van der Waals surface area contributed by atoms with E-state index >= 15 is 0 Å². The highest BCUT2D eigenvalue weighted by atomic mass is 79.9. The van der Waals surface area contributed by atoms with E-state index < -0.39 is 0 Å². The summed E-state index contributed by atoms with van der Waals surface area (Å²) in [4.78, 5) is 4.27. The number of pyridine rings is 1. The van der Waals surface area contributed by atoms with E-state index in [2.05, 4.69) is 61.2 Å². The molecule has 0 bridgehead atoms. The van der Waals surface area contributed by atoms with Gasteiger partial charge in [-0.05, 0) is 42.3 Å². The van der Waals surface area contributed by atoms with E-state index in [1.807, 2.05) is 18.3 Å². The van der Waals surface area contributed by atoms with Crippen LogP contribution < -0.4 is 10.1 Å². The first-order valence-corrected chi connectivity index (χ1v) is 8.41. The SMILES string of the molecule is CCCNC(c1cncc(OC)c1)c1ccc(Br)cc1Br. The van der Waals surface area contributed by atoms with E-state index in [1.54, 1.807) is 13.3 Å². The van der Waals surface area contributed by atoms with E-state index in [9.17, 15) is 0 Å². The van der Waals surface area contributed by atoms with Crippen molar-refractivity contribution >= 4 is 31.9 Å². The van der Waals surface area contributed by atoms with Crippen LogP contribution in [0.1, 0.15) is 30.5 Å². The Morgan fingerprint density at radius 2 is 2.05 bits per heavy atom. The van der Waals surface area contributed by atoms with Gasteiger partial charge in [0.05, 0.1) is 19.3 Å². The second-order valence-corrected chi connectivity index (χ2v) is 6.48. The lowest BCUT2D eigenvalue weighted by Gasteiger charge is -2.21. The van der Waals surface area contributed by atoms with Crippen LogP contribution in [0.3, 0.4) is 0 Å². The number of halogens is 2. The van der Waals surface area contributed by atoms with E-state index in [0.29, 0.717) is 0 Å². The number of ether oxygens (including phenoxy) is 1. The van der Waals surface area contributed by atoms with Crippen LogP contribution in [0, 0.1) is 0 Å². The van der Waals surface area contributed by atoms with E-state index in [4.69, 9.17) is 4.74 Å². The first-order valence-electron chi connectivity index (χ1n) is 6.83. The second-order valence-electron chi connectivity index (χ2n) is 4.71. The molecule has 2 rings (SSSR count). The summed E-state index contributed by atoms with van der Waals surface area (Å²) in [5, 5.41) is 3.57. The van der Waals surface area contributed by atoms with E-state index in [-0.39, 0.29) is 6.04 Å². The zero-order valence-corrected chi connectivity index (χ0v) is 15.2. The van der Waals surface area contributed by atoms with Gasteiger partial charge in [-0.15, -0.1) is 0 Å². The molecule has 112 valence electrons. The van der Waals surface area contributed by atoms with Crippen LogP contribution in [-0.4, -0.2) is 18.6 Å². The Hall–Kier alpha value is -0.910. The largest absolute Gasteiger partial charge is 0.495 e. The van der Waals surface area contributed by atoms with Crippen molar-refractivity contribution in [1.82, 2.24) is 10.3 Å². The first kappa shape index (κ1) is 16.5. The van der Waals surface area contributed by atoms with Crippen molar-refractivity contribution in [2.24, 2.45) is 0 Å². The van der Waals surface area contributed by atoms with Crippen molar-refractivity contribution in [2.45, 2.75) is 19.4 Å². The van der Waals surface area contributed by atoms with Crippen molar-refractivity contribution in [3.63, 3.8) is 0 Å². The van der Waals surface area contributed by atoms with Gasteiger partial charge in [0.15, 0.2) is 0 Å². The minimum absolute atomic E-state index is 0.0787. The summed E-state index contributed by atoms with van der Waals surface area (Å²) in [5.74, 6) is 0.768. The Balaban J connectivity index is 2.41. The van der Waals surface area contributed by atoms with Gasteiger partial charge in [-0.2, -0.15) is 0 Å². The highest BCUT2D eigenvalue weighted by Crippen LogP contribution is 2.31. The molecule has 1 aromatic carbocycles. The number of hydrogen-bond acceptors (Lipinski definition) is 3. The van der Waals surface area contributed by atoms with Gasteiger partial charge in [0, 0.05) is 15.1 Å². The zero-order chi connectivity index (χ0) is 15.2. The molecule has 1 heterocycles. The number of nitrogens with zero attached hydrogens (tertiary/aromatic N) is 1. The highest BCUT2D eigenvalue weighted by Gasteiger charge is 2.17. The van der Waals surface area contributed by atoms with Crippen LogP contribution in [0.2, 0.25) is 0 Å². The fraction of sp³-hybridized carbons (Fsp3) is 0.312. The lowest BCUT2D eigenvalue weighted by atomic mass is 10.00. The molecule has 3 nitrogen and oxygen atoms in total. The Kier molecular flexibility index (Phi) is 6.21. The minimum Gasteiger partial charge on any atom is -0.495 e. The molecule has 5 heteroatoms. The molecule has 21 heavy (non-hydrogen) atoms. The average molecular weight is 414 g/mol. The van der Waals surface area contributed by atoms with Crippen molar-refractivity contribution in [3.05, 3.63) is 56.7 Å². The number of hydrogen-bond donors (Lipinski definition) is 1. The molecule has 0 fully saturated rings. The van der Waals surface area contributed by atoms with Crippen molar-refractivity contribution in [3.8, 4) is 5.75 Å². The number of rotatable bonds is 6. The number of aromatic nitrogens is 1. The topological polar surface area (TPSA) is 34.2 Å². The molecule has 1 atom stereocenters. The summed E-state index contributed by atoms with van der Waals surface area (Å²) in [7, 11) is 1.66. The van der Waals surface area contributed by atoms with E-state index in [1.165, 1.54) is 5.56 Å². The lowest BCUT2D eigenvalue weighted by Crippen LogP contribution is -2.23. The standard InChI is InChI=1S/C16H18Br2N2O/c1-3-6-20-16(11-7-13(21-2)10-19-9-11)14-5-4-12(17)8-15(14)18/h4-5,7-10,16,20H,3,6H2,1-2H3. The Morgan fingerprint density at radius 1 is 1.24 bits per heavy atom. The summed E-state index contributed by atoms with van der Waals surface area (Å²) < 4.78 is 7.40. The maximum absolute atomic E-state index is 5.29. The Morgan fingerprint density at radius 3 is 2.71 bits per heavy atom. The van der Waals surface area contributed by atoms with Gasteiger partial charge in [0.1, 0.15) is 5.75 Å². The Bertz CT molecular complexity index is 605. The van der Waals surface area contributed by atoms with Crippen LogP contribution in [0.5, 0.6) is 5.75 Å². The normalized spacial score (nSPS) is 12.2. The monoisotopic (exact) mass is 412 g/mol. The third-order valence-corrected chi connectivity index (χ3v) is 4.36. The summed E-state index contributed by atoms with van der Waals surface area (Å²) in [6.07, 6.45) is 4.67. The van der Waals surface area contributed by atoms with Gasteiger partial charge in [0.25, 0.3) is 0 Å². The third-order valence-electron chi connectivity index (χ3n) is 3.18. The molecule has 1 N–H and O–H groups in total. The lowest BCUT2D eigenvalue weighted by molar-refractivity contribution is 0.411. The van der Waals surface area contributed by atoms with Gasteiger partial charge in [0.2, 0.25) is 0 Å². The van der Waals surface area contributed by atoms with Gasteiger partial charge in [-0.25, -0.2) is 0 Å². The maximum Gasteiger partial charge on any atom is 0.137 e. The van der Waals surface area contributed by atoms with Crippen molar-refractivity contribution < 1.29 is 4.74 Å². The highest BCUT2D eigenvalue weighted by molar-refractivity contribution is 9.11. The van der Waals surface area contributed by atoms with Gasteiger partial charge >= 0.3 is 0 Å². The summed E-state index contributed by atoms with van der Waals surface area (Å²) in [5.41, 5.74) is 2.27. The van der Waals surface area contributed by atoms with Crippen molar-refractivity contribution in [2.75, 3.05) is 13.7 Å². The predicted molar refractivity (Wildman–Crippen MR) is 92.8 cm³/mol. The Labute approximate surface area is 142 Å². The molecule has 0 aliphatic carbocycles. The zero-order valence-electron chi connectivity index (χ0n) is 12.1. The molecule has 1 unspecified atom stereocenters. The quantitative estimate of drug-likeness (QED) is 0.744. The van der Waals surface area contributed by atoms with Crippen molar-refractivity contribution in [1.29, 1.82) is 0 Å². The summed E-state index contributed by atoms with van der Waals surface area (Å²) in [6.45, 7) is 3.09. The summed E-state index contributed by atoms with van der Waals surface area (Å²) in [6, 6.07) is 8.32. The predicted octanol–water partition coefficient (Wildman–Crippen LogP) is 4.70. The third kappa shape index (κ3) is 4.28. The molecule has 0 radical (unpaired) electrons.